The number of nitrogens with zero attached hydrogens (tertiary/aromatic N) is 3. The number of hydrogen-bond donors (Lipinski definition) is 1. The Morgan fingerprint density at radius 3 is 2.82 bits per heavy atom. The Balaban J connectivity index is 2.44. The Morgan fingerprint density at radius 2 is 2.12 bits per heavy atom. The summed E-state index contributed by atoms with van der Waals surface area (Å²) in [5, 5.41) is 0. The normalized spacial score (nSPS) is 10.2. The van der Waals surface area contributed by atoms with Gasteiger partial charge in [0.25, 0.3) is 0 Å². The van der Waals surface area contributed by atoms with Gasteiger partial charge < -0.3 is 10.5 Å². The second-order valence-corrected chi connectivity index (χ2v) is 4.16. The molecule has 2 N–H and O–H groups in total. The fraction of sp³-hybridized carbons (Fsp3) is 0.182. The van der Waals surface area contributed by atoms with Crippen molar-refractivity contribution in [2.24, 2.45) is 0 Å². The van der Waals surface area contributed by atoms with Gasteiger partial charge in [-0.05, 0) is 19.1 Å². The third kappa shape index (κ3) is 2.91. The van der Waals surface area contributed by atoms with E-state index >= 15 is 0 Å². The lowest BCUT2D eigenvalue weighted by atomic mass is 10.2. The van der Waals surface area contributed by atoms with Crippen molar-refractivity contribution in [2.75, 3.05) is 12.3 Å². The summed E-state index contributed by atoms with van der Waals surface area (Å²) in [7, 11) is 0. The van der Waals surface area contributed by atoms with Gasteiger partial charge in [0.1, 0.15) is 0 Å². The Kier molecular flexibility index (Phi) is 3.53. The standard InChI is InChI=1S/C11H11BrN4O/c1-2-17-11-15-9(14-10(13)16-11)7-4-3-5-8(12)6-7/h3-6H,2H2,1H3,(H2,13,14,15,16). The molecule has 0 amide bonds. The van der Waals surface area contributed by atoms with Crippen LogP contribution in [0.5, 0.6) is 6.01 Å². The summed E-state index contributed by atoms with van der Waals surface area (Å²) in [5.41, 5.74) is 6.47. The maximum atomic E-state index is 5.61. The number of hydrogen-bond acceptors (Lipinski definition) is 5. The van der Waals surface area contributed by atoms with Crippen LogP contribution >= 0.6 is 15.9 Å². The monoisotopic (exact) mass is 294 g/mol. The zero-order valence-corrected chi connectivity index (χ0v) is 10.8. The van der Waals surface area contributed by atoms with Crippen LogP contribution in [0.4, 0.5) is 5.95 Å². The molecule has 88 valence electrons. The summed E-state index contributed by atoms with van der Waals surface area (Å²) in [6.07, 6.45) is 0. The highest BCUT2D eigenvalue weighted by molar-refractivity contribution is 9.10. The van der Waals surface area contributed by atoms with Crippen LogP contribution in [0.3, 0.4) is 0 Å². The molecule has 0 saturated heterocycles. The SMILES string of the molecule is CCOc1nc(N)nc(-c2cccc(Br)c2)n1. The lowest BCUT2D eigenvalue weighted by Gasteiger charge is -2.05. The molecule has 2 rings (SSSR count). The smallest absolute Gasteiger partial charge is 0.321 e. The quantitative estimate of drug-likeness (QED) is 0.940. The van der Waals surface area contributed by atoms with E-state index in [1.165, 1.54) is 0 Å². The van der Waals surface area contributed by atoms with E-state index in [2.05, 4.69) is 30.9 Å². The summed E-state index contributed by atoms with van der Waals surface area (Å²) in [6, 6.07) is 7.88. The first-order valence-electron chi connectivity index (χ1n) is 5.09. The number of aromatic nitrogens is 3. The molecule has 0 bridgehead atoms. The van der Waals surface area contributed by atoms with E-state index in [0.717, 1.165) is 10.0 Å². The van der Waals surface area contributed by atoms with E-state index in [-0.39, 0.29) is 12.0 Å². The van der Waals surface area contributed by atoms with E-state index in [1.807, 2.05) is 31.2 Å². The highest BCUT2D eigenvalue weighted by Crippen LogP contribution is 2.21. The zero-order valence-electron chi connectivity index (χ0n) is 9.22. The van der Waals surface area contributed by atoms with Crippen molar-refractivity contribution in [3.8, 4) is 17.4 Å². The number of anilines is 1. The predicted molar refractivity (Wildman–Crippen MR) is 68.5 cm³/mol. The molecule has 0 radical (unpaired) electrons. The molecular formula is C11H11BrN4O. The summed E-state index contributed by atoms with van der Waals surface area (Å²) in [6.45, 7) is 2.35. The third-order valence-electron chi connectivity index (χ3n) is 1.99. The Morgan fingerprint density at radius 1 is 1.29 bits per heavy atom. The van der Waals surface area contributed by atoms with Crippen LogP contribution in [0.25, 0.3) is 11.4 Å². The van der Waals surface area contributed by atoms with Crippen molar-refractivity contribution in [1.29, 1.82) is 0 Å². The summed E-state index contributed by atoms with van der Waals surface area (Å²) >= 11 is 3.39. The maximum Gasteiger partial charge on any atom is 0.321 e. The van der Waals surface area contributed by atoms with Gasteiger partial charge in [-0.1, -0.05) is 28.1 Å². The van der Waals surface area contributed by atoms with Crippen LogP contribution in [0.15, 0.2) is 28.7 Å². The summed E-state index contributed by atoms with van der Waals surface area (Å²) in [5.74, 6) is 0.653. The molecule has 0 unspecified atom stereocenters. The van der Waals surface area contributed by atoms with Crippen molar-refractivity contribution in [1.82, 2.24) is 15.0 Å². The molecule has 0 fully saturated rings. The van der Waals surface area contributed by atoms with Crippen LogP contribution < -0.4 is 10.5 Å². The lowest BCUT2D eigenvalue weighted by Crippen LogP contribution is -2.04. The number of nitrogen functional groups attached to an aromatic ring is 1. The molecule has 17 heavy (non-hydrogen) atoms. The van der Waals surface area contributed by atoms with Crippen molar-refractivity contribution in [3.05, 3.63) is 28.7 Å². The third-order valence-corrected chi connectivity index (χ3v) is 2.48. The number of halogens is 1. The van der Waals surface area contributed by atoms with Gasteiger partial charge in [0, 0.05) is 10.0 Å². The topological polar surface area (TPSA) is 73.9 Å². The Labute approximate surface area is 107 Å². The van der Waals surface area contributed by atoms with E-state index in [0.29, 0.717) is 12.4 Å². The lowest BCUT2D eigenvalue weighted by molar-refractivity contribution is 0.312. The first-order valence-corrected chi connectivity index (χ1v) is 5.88. The van der Waals surface area contributed by atoms with Gasteiger partial charge in [0.05, 0.1) is 6.61 Å². The largest absolute Gasteiger partial charge is 0.464 e. The number of nitrogens with two attached hydrogens (primary N) is 1. The minimum absolute atomic E-state index is 0.151. The molecule has 0 aliphatic heterocycles. The molecule has 5 nitrogen and oxygen atoms in total. The average molecular weight is 295 g/mol. The maximum absolute atomic E-state index is 5.61. The molecule has 0 spiro atoms. The highest BCUT2D eigenvalue weighted by Gasteiger charge is 2.07. The van der Waals surface area contributed by atoms with E-state index in [9.17, 15) is 0 Å². The molecule has 1 aromatic heterocycles. The van der Waals surface area contributed by atoms with Crippen molar-refractivity contribution in [2.45, 2.75) is 6.92 Å². The molecule has 0 saturated carbocycles. The van der Waals surface area contributed by atoms with Gasteiger partial charge in [-0.3, -0.25) is 0 Å². The number of ether oxygens (including phenoxy) is 1. The van der Waals surface area contributed by atoms with E-state index < -0.39 is 0 Å². The van der Waals surface area contributed by atoms with Gasteiger partial charge >= 0.3 is 6.01 Å². The number of benzene rings is 1. The molecule has 0 aliphatic rings. The van der Waals surface area contributed by atoms with Gasteiger partial charge in [-0.25, -0.2) is 0 Å². The summed E-state index contributed by atoms with van der Waals surface area (Å²) < 4.78 is 6.18. The van der Waals surface area contributed by atoms with Crippen LogP contribution in [0.1, 0.15) is 6.92 Å². The van der Waals surface area contributed by atoms with Gasteiger partial charge in [0.2, 0.25) is 5.95 Å². The molecule has 1 aromatic carbocycles. The average Bonchev–Trinajstić information content (AvgIpc) is 2.28. The van der Waals surface area contributed by atoms with Crippen molar-refractivity contribution >= 4 is 21.9 Å². The van der Waals surface area contributed by atoms with Crippen LogP contribution in [0, 0.1) is 0 Å². The van der Waals surface area contributed by atoms with Crippen LogP contribution in [-0.4, -0.2) is 21.6 Å². The Hall–Kier alpha value is -1.69. The minimum atomic E-state index is 0.151. The van der Waals surface area contributed by atoms with Gasteiger partial charge in [-0.15, -0.1) is 0 Å². The summed E-state index contributed by atoms with van der Waals surface area (Å²) in [4.78, 5) is 12.2. The first-order chi connectivity index (χ1) is 8.19. The number of rotatable bonds is 3. The van der Waals surface area contributed by atoms with Gasteiger partial charge in [-0.2, -0.15) is 15.0 Å². The molecule has 0 aliphatic carbocycles. The molecule has 2 aromatic rings. The second kappa shape index (κ2) is 5.09. The zero-order chi connectivity index (χ0) is 12.3. The van der Waals surface area contributed by atoms with E-state index in [1.54, 1.807) is 0 Å². The Bertz CT molecular complexity index is 533. The molecule has 6 heteroatoms. The van der Waals surface area contributed by atoms with E-state index in [4.69, 9.17) is 10.5 Å². The van der Waals surface area contributed by atoms with Crippen LogP contribution in [0.2, 0.25) is 0 Å². The predicted octanol–water partition coefficient (Wildman–Crippen LogP) is 2.28. The molecule has 0 atom stereocenters. The molecule has 1 heterocycles. The minimum Gasteiger partial charge on any atom is -0.464 e. The fourth-order valence-electron chi connectivity index (χ4n) is 1.32. The van der Waals surface area contributed by atoms with Gasteiger partial charge in [0.15, 0.2) is 5.82 Å². The van der Waals surface area contributed by atoms with Crippen molar-refractivity contribution < 1.29 is 4.74 Å². The second-order valence-electron chi connectivity index (χ2n) is 3.24. The highest BCUT2D eigenvalue weighted by atomic mass is 79.9. The molecular weight excluding hydrogens is 284 g/mol. The first kappa shape index (κ1) is 11.8. The fourth-order valence-corrected chi connectivity index (χ4v) is 1.72. The van der Waals surface area contributed by atoms with Crippen molar-refractivity contribution in [3.63, 3.8) is 0 Å². The van der Waals surface area contributed by atoms with Crippen LogP contribution in [-0.2, 0) is 0 Å².